The van der Waals surface area contributed by atoms with Crippen LogP contribution >= 0.6 is 0 Å². The fourth-order valence-electron chi connectivity index (χ4n) is 1.03. The molecule has 0 aromatic heterocycles. The molecule has 0 heterocycles. The molecule has 18 heavy (non-hydrogen) atoms. The van der Waals surface area contributed by atoms with E-state index in [-0.39, 0.29) is 24.0 Å². The van der Waals surface area contributed by atoms with Crippen molar-refractivity contribution in [2.75, 3.05) is 0 Å². The molecule has 1 atom stereocenters. The molecular weight excluding hydrogens is 248 g/mol. The van der Waals surface area contributed by atoms with Crippen LogP contribution in [0.15, 0.2) is 24.3 Å². The van der Waals surface area contributed by atoms with E-state index in [4.69, 9.17) is 20.5 Å². The molecule has 0 saturated carbocycles. The number of aliphatic hydroxyl groups is 1. The summed E-state index contributed by atoms with van der Waals surface area (Å²) in [6.45, 7) is 9.99. The zero-order chi connectivity index (χ0) is 14.4. The Morgan fingerprint density at radius 1 is 0.944 bits per heavy atom. The van der Waals surface area contributed by atoms with Crippen LogP contribution in [0.5, 0.6) is 0 Å². The van der Waals surface area contributed by atoms with E-state index >= 15 is 0 Å². The Kier molecular flexibility index (Phi) is 6.60. The van der Waals surface area contributed by atoms with Crippen LogP contribution in [0.4, 0.5) is 0 Å². The molecular formula is C10H18O8. The molecule has 0 rings (SSSR count). The lowest BCUT2D eigenvalue weighted by Crippen LogP contribution is -2.50. The highest BCUT2D eigenvalue weighted by Gasteiger charge is 2.49. The van der Waals surface area contributed by atoms with Gasteiger partial charge in [0, 0.05) is 11.1 Å². The third kappa shape index (κ3) is 3.34. The van der Waals surface area contributed by atoms with Gasteiger partial charge in [-0.05, 0) is 12.8 Å². The zero-order valence-corrected chi connectivity index (χ0v) is 10.3. The maximum Gasteiger partial charge on any atom is 0.366 e. The second-order valence-corrected chi connectivity index (χ2v) is 3.43. The predicted octanol–water partition coefficient (Wildman–Crippen LogP) is 1.70. The quantitative estimate of drug-likeness (QED) is 0.215. The van der Waals surface area contributed by atoms with Gasteiger partial charge in [0.2, 0.25) is 0 Å². The summed E-state index contributed by atoms with van der Waals surface area (Å²) in [5.41, 5.74) is -0.209. The van der Waals surface area contributed by atoms with Crippen LogP contribution in [-0.2, 0) is 19.4 Å². The summed E-state index contributed by atoms with van der Waals surface area (Å²) in [4.78, 5) is 11.4. The Morgan fingerprint density at radius 2 is 1.39 bits per heavy atom. The lowest BCUT2D eigenvalue weighted by molar-refractivity contribution is -0.605. The number of hydrogen-bond acceptors (Lipinski definition) is 8. The van der Waals surface area contributed by atoms with E-state index in [0.29, 0.717) is 0 Å². The van der Waals surface area contributed by atoms with Crippen molar-refractivity contribution in [1.82, 2.24) is 0 Å². The Hall–Kier alpha value is -0.840. The lowest BCUT2D eigenvalue weighted by atomic mass is 10.1. The van der Waals surface area contributed by atoms with Crippen molar-refractivity contribution in [2.45, 2.75) is 38.6 Å². The molecule has 0 fully saturated rings. The van der Waals surface area contributed by atoms with E-state index in [9.17, 15) is 5.11 Å². The molecule has 0 aromatic carbocycles. The molecule has 0 spiro atoms. The van der Waals surface area contributed by atoms with Gasteiger partial charge in [-0.3, -0.25) is 4.74 Å². The van der Waals surface area contributed by atoms with Gasteiger partial charge in [-0.15, -0.1) is 0 Å². The molecule has 0 radical (unpaired) electrons. The molecule has 0 aliphatic carbocycles. The van der Waals surface area contributed by atoms with Gasteiger partial charge < -0.3 is 5.11 Å². The van der Waals surface area contributed by atoms with Gasteiger partial charge in [-0.1, -0.05) is 27.0 Å². The molecule has 0 amide bonds. The Bertz CT molecular complexity index is 298. The van der Waals surface area contributed by atoms with Crippen LogP contribution in [-0.4, -0.2) is 32.8 Å². The molecule has 106 valence electrons. The largest absolute Gasteiger partial charge is 0.366 e. The fourth-order valence-corrected chi connectivity index (χ4v) is 1.03. The van der Waals surface area contributed by atoms with Crippen LogP contribution in [0.1, 0.15) is 26.7 Å². The van der Waals surface area contributed by atoms with E-state index in [0.717, 1.165) is 0 Å². The van der Waals surface area contributed by atoms with E-state index in [1.165, 1.54) is 0 Å². The van der Waals surface area contributed by atoms with E-state index in [1.807, 2.05) is 0 Å². The van der Waals surface area contributed by atoms with Gasteiger partial charge in [0.15, 0.2) is 0 Å². The Balaban J connectivity index is 5.30. The highest BCUT2D eigenvalue weighted by molar-refractivity contribution is 5.07. The maximum absolute atomic E-state index is 9.81. The number of ether oxygens (including phenoxy) is 1. The number of hydrogen-bond donors (Lipinski definition) is 4. The number of rotatable bonds is 9. The van der Waals surface area contributed by atoms with Gasteiger partial charge in [0.25, 0.3) is 0 Å². The first-order valence-electron chi connectivity index (χ1n) is 5.12. The van der Waals surface area contributed by atoms with E-state index < -0.39 is 11.9 Å². The van der Waals surface area contributed by atoms with Crippen LogP contribution in [0.3, 0.4) is 0 Å². The molecule has 4 N–H and O–H groups in total. The van der Waals surface area contributed by atoms with Gasteiger partial charge in [0.05, 0.1) is 0 Å². The van der Waals surface area contributed by atoms with Crippen molar-refractivity contribution in [3.8, 4) is 0 Å². The maximum atomic E-state index is 9.81. The minimum Gasteiger partial charge on any atom is -0.338 e. The molecule has 8 heteroatoms. The Labute approximate surface area is 104 Å². The first kappa shape index (κ1) is 17.2. The van der Waals surface area contributed by atoms with Gasteiger partial charge in [0.1, 0.15) is 0 Å². The molecule has 0 bridgehead atoms. The summed E-state index contributed by atoms with van der Waals surface area (Å²) in [6.07, 6.45) is 0.309. The van der Waals surface area contributed by atoms with Crippen molar-refractivity contribution in [3.05, 3.63) is 24.3 Å². The average Bonchev–Trinajstić information content (AvgIpc) is 2.42. The first-order valence-corrected chi connectivity index (χ1v) is 5.12. The molecule has 0 aliphatic heterocycles. The third-order valence-corrected chi connectivity index (χ3v) is 2.37. The van der Waals surface area contributed by atoms with Crippen LogP contribution < -0.4 is 0 Å². The van der Waals surface area contributed by atoms with E-state index in [2.05, 4.69) is 27.8 Å². The SMILES string of the molecule is C=C(CC)C(O)(OO)OC(OO)(OO)C(=C)CC. The minimum absolute atomic E-state index is 0.0909. The summed E-state index contributed by atoms with van der Waals surface area (Å²) in [7, 11) is 0. The normalized spacial score (nSPS) is 15.2. The summed E-state index contributed by atoms with van der Waals surface area (Å²) in [6, 6.07) is 0. The predicted molar refractivity (Wildman–Crippen MR) is 58.8 cm³/mol. The van der Waals surface area contributed by atoms with Crippen molar-refractivity contribution in [3.63, 3.8) is 0 Å². The van der Waals surface area contributed by atoms with Crippen molar-refractivity contribution < 1.29 is 40.3 Å². The van der Waals surface area contributed by atoms with Crippen LogP contribution in [0.2, 0.25) is 0 Å². The highest BCUT2D eigenvalue weighted by Crippen LogP contribution is 2.33. The van der Waals surface area contributed by atoms with E-state index in [1.54, 1.807) is 13.8 Å². The summed E-state index contributed by atoms with van der Waals surface area (Å²) in [5, 5.41) is 36.0. The minimum atomic E-state index is -2.75. The highest BCUT2D eigenvalue weighted by atomic mass is 17.3. The monoisotopic (exact) mass is 266 g/mol. The van der Waals surface area contributed by atoms with Gasteiger partial charge in [-0.2, -0.15) is 14.7 Å². The standard InChI is InChI=1S/C10H18O8/c1-5-7(3)9(11,16-12)15-10(17-13,18-14)8(4)6-2/h11-14H,3-6H2,1-2H3. The van der Waals surface area contributed by atoms with Crippen LogP contribution in [0, 0.1) is 0 Å². The second-order valence-electron chi connectivity index (χ2n) is 3.43. The second kappa shape index (κ2) is 6.92. The Morgan fingerprint density at radius 3 is 1.67 bits per heavy atom. The summed E-state index contributed by atoms with van der Waals surface area (Å²) >= 11 is 0. The first-order chi connectivity index (χ1) is 8.35. The molecule has 0 aromatic rings. The summed E-state index contributed by atoms with van der Waals surface area (Å²) < 4.78 is 4.72. The van der Waals surface area contributed by atoms with Crippen molar-refractivity contribution in [2.24, 2.45) is 0 Å². The van der Waals surface area contributed by atoms with Gasteiger partial charge >= 0.3 is 11.9 Å². The van der Waals surface area contributed by atoms with Crippen molar-refractivity contribution in [1.29, 1.82) is 0 Å². The van der Waals surface area contributed by atoms with Crippen molar-refractivity contribution >= 4 is 0 Å². The topological polar surface area (TPSA) is 118 Å². The van der Waals surface area contributed by atoms with Gasteiger partial charge in [-0.25, -0.2) is 15.8 Å². The average molecular weight is 266 g/mol. The molecule has 1 unspecified atom stereocenters. The third-order valence-electron chi connectivity index (χ3n) is 2.37. The molecule has 0 aliphatic rings. The summed E-state index contributed by atoms with van der Waals surface area (Å²) in [5.74, 6) is -5.37. The lowest BCUT2D eigenvalue weighted by Gasteiger charge is -2.35. The van der Waals surface area contributed by atoms with Crippen LogP contribution in [0.25, 0.3) is 0 Å². The fraction of sp³-hybridized carbons (Fsp3) is 0.600. The molecule has 8 nitrogen and oxygen atoms in total. The smallest absolute Gasteiger partial charge is 0.338 e. The molecule has 0 saturated heterocycles. The zero-order valence-electron chi connectivity index (χ0n) is 10.3.